The molecule has 1 N–H and O–H groups in total. The summed E-state index contributed by atoms with van der Waals surface area (Å²) in [6.07, 6.45) is 4.59. The Balaban J connectivity index is 1.50. The maximum atomic E-state index is 13.0. The Bertz CT molecular complexity index is 1110. The molecule has 156 valence electrons. The van der Waals surface area contributed by atoms with Crippen LogP contribution in [-0.4, -0.2) is 34.4 Å². The maximum absolute atomic E-state index is 13.0. The van der Waals surface area contributed by atoms with Crippen LogP contribution in [0.1, 0.15) is 11.1 Å². The van der Waals surface area contributed by atoms with Gasteiger partial charge in [-0.05, 0) is 35.4 Å². The first-order chi connectivity index (χ1) is 15.0. The van der Waals surface area contributed by atoms with Crippen molar-refractivity contribution in [2.24, 2.45) is 4.99 Å². The number of aliphatic imine (C=N–C) groups is 1. The van der Waals surface area contributed by atoms with Crippen molar-refractivity contribution in [3.63, 3.8) is 0 Å². The Morgan fingerprint density at radius 2 is 1.81 bits per heavy atom. The van der Waals surface area contributed by atoms with Gasteiger partial charge in [0.15, 0.2) is 17.6 Å². The molecule has 0 radical (unpaired) electrons. The Kier molecular flexibility index (Phi) is 5.70. The number of amidine groups is 1. The molecule has 0 saturated carbocycles. The highest BCUT2D eigenvalue weighted by Gasteiger charge is 2.42. The zero-order valence-electron chi connectivity index (χ0n) is 16.3. The van der Waals surface area contributed by atoms with Gasteiger partial charge in [-0.25, -0.2) is 9.38 Å². The minimum Gasteiger partial charge on any atom is -0.485 e. The van der Waals surface area contributed by atoms with Crippen LogP contribution in [0.4, 0.5) is 4.39 Å². The molecule has 2 amide bonds. The molecule has 1 atom stereocenters. The molecule has 2 aromatic rings. The summed E-state index contributed by atoms with van der Waals surface area (Å²) in [7, 11) is 0. The first-order valence-corrected chi connectivity index (χ1v) is 9.56. The van der Waals surface area contributed by atoms with E-state index in [0.717, 1.165) is 10.5 Å². The van der Waals surface area contributed by atoms with Crippen molar-refractivity contribution < 1.29 is 23.5 Å². The standard InChI is InChI=1S/C23H18FN3O4/c24-17-10-8-15(9-11-17)13-25-22(29)19-20(28)23(30)27-12-4-7-18(21(27)26-19)31-14-16-5-2-1-3-6-16/h1-12,19H,13-14H2,(H,25,29). The zero-order chi connectivity index (χ0) is 21.8. The number of allylic oxidation sites excluding steroid dienone is 2. The van der Waals surface area contributed by atoms with E-state index in [-0.39, 0.29) is 24.7 Å². The van der Waals surface area contributed by atoms with Crippen LogP contribution in [0.2, 0.25) is 0 Å². The van der Waals surface area contributed by atoms with E-state index < -0.39 is 29.5 Å². The van der Waals surface area contributed by atoms with E-state index in [0.29, 0.717) is 5.56 Å². The van der Waals surface area contributed by atoms with Crippen LogP contribution < -0.4 is 5.32 Å². The average molecular weight is 419 g/mol. The quantitative estimate of drug-likeness (QED) is 0.575. The van der Waals surface area contributed by atoms with Crippen molar-refractivity contribution in [1.29, 1.82) is 0 Å². The highest BCUT2D eigenvalue weighted by molar-refractivity contribution is 6.47. The maximum Gasteiger partial charge on any atom is 0.302 e. The van der Waals surface area contributed by atoms with Crippen LogP contribution in [0.5, 0.6) is 0 Å². The zero-order valence-corrected chi connectivity index (χ0v) is 16.3. The minimum atomic E-state index is -1.52. The summed E-state index contributed by atoms with van der Waals surface area (Å²) in [5.41, 5.74) is 1.56. The third-order valence-corrected chi connectivity index (χ3v) is 4.73. The molecular weight excluding hydrogens is 401 g/mol. The van der Waals surface area contributed by atoms with Crippen LogP contribution in [0.25, 0.3) is 0 Å². The number of fused-ring (bicyclic) bond motifs is 1. The summed E-state index contributed by atoms with van der Waals surface area (Å²) in [5, 5.41) is 2.57. The van der Waals surface area contributed by atoms with Crippen LogP contribution in [0.15, 0.2) is 83.7 Å². The smallest absolute Gasteiger partial charge is 0.302 e. The van der Waals surface area contributed by atoms with Gasteiger partial charge in [0.1, 0.15) is 12.4 Å². The van der Waals surface area contributed by atoms with Crippen LogP contribution in [0.3, 0.4) is 0 Å². The van der Waals surface area contributed by atoms with Crippen molar-refractivity contribution in [2.75, 3.05) is 0 Å². The summed E-state index contributed by atoms with van der Waals surface area (Å²) in [6.45, 7) is 0.301. The molecule has 0 bridgehead atoms. The lowest BCUT2D eigenvalue weighted by Gasteiger charge is -2.29. The third kappa shape index (κ3) is 4.42. The van der Waals surface area contributed by atoms with Gasteiger partial charge in [-0.15, -0.1) is 0 Å². The summed E-state index contributed by atoms with van der Waals surface area (Å²) in [6, 6.07) is 13.5. The summed E-state index contributed by atoms with van der Waals surface area (Å²) in [4.78, 5) is 42.9. The van der Waals surface area contributed by atoms with Crippen LogP contribution in [-0.2, 0) is 32.3 Å². The fourth-order valence-electron chi connectivity index (χ4n) is 3.10. The highest BCUT2D eigenvalue weighted by Crippen LogP contribution is 2.21. The minimum absolute atomic E-state index is 0.0682. The number of nitrogens with one attached hydrogen (secondary N) is 1. The van der Waals surface area contributed by atoms with E-state index in [4.69, 9.17) is 4.74 Å². The molecule has 2 aliphatic heterocycles. The third-order valence-electron chi connectivity index (χ3n) is 4.73. The van der Waals surface area contributed by atoms with Gasteiger partial charge in [-0.1, -0.05) is 42.5 Å². The number of hydrogen-bond donors (Lipinski definition) is 1. The van der Waals surface area contributed by atoms with Crippen molar-refractivity contribution >= 4 is 23.4 Å². The molecular formula is C23H18FN3O4. The van der Waals surface area contributed by atoms with Gasteiger partial charge >= 0.3 is 5.91 Å². The molecule has 2 aliphatic rings. The predicted octanol–water partition coefficient (Wildman–Crippen LogP) is 2.25. The number of benzene rings is 2. The van der Waals surface area contributed by atoms with Gasteiger partial charge in [0.05, 0.1) is 0 Å². The summed E-state index contributed by atoms with van der Waals surface area (Å²) in [5.74, 6) is -2.53. The van der Waals surface area contributed by atoms with E-state index >= 15 is 0 Å². The Labute approximate surface area is 177 Å². The molecule has 2 heterocycles. The van der Waals surface area contributed by atoms with Crippen molar-refractivity contribution in [1.82, 2.24) is 10.2 Å². The molecule has 7 nitrogen and oxygen atoms in total. The highest BCUT2D eigenvalue weighted by atomic mass is 19.1. The first-order valence-electron chi connectivity index (χ1n) is 9.56. The number of hydrogen-bond acceptors (Lipinski definition) is 5. The molecule has 4 rings (SSSR count). The number of carbonyl (C=O) groups is 3. The fourth-order valence-corrected chi connectivity index (χ4v) is 3.10. The summed E-state index contributed by atoms with van der Waals surface area (Å²) >= 11 is 0. The second-order valence-corrected chi connectivity index (χ2v) is 6.89. The number of ether oxygens (including phenoxy) is 1. The molecule has 1 unspecified atom stereocenters. The largest absolute Gasteiger partial charge is 0.485 e. The van der Waals surface area contributed by atoms with Gasteiger partial charge in [0.25, 0.3) is 11.7 Å². The van der Waals surface area contributed by atoms with Gasteiger partial charge < -0.3 is 10.1 Å². The number of rotatable bonds is 6. The average Bonchev–Trinajstić information content (AvgIpc) is 2.80. The molecule has 0 fully saturated rings. The second-order valence-electron chi connectivity index (χ2n) is 6.89. The molecule has 0 saturated heterocycles. The molecule has 0 aliphatic carbocycles. The van der Waals surface area contributed by atoms with Crippen molar-refractivity contribution in [3.8, 4) is 0 Å². The number of amides is 2. The van der Waals surface area contributed by atoms with Gasteiger partial charge in [-0.3, -0.25) is 19.3 Å². The lowest BCUT2D eigenvalue weighted by atomic mass is 10.1. The lowest BCUT2D eigenvalue weighted by molar-refractivity contribution is -0.144. The Hall–Kier alpha value is -4.07. The molecule has 0 aromatic heterocycles. The Morgan fingerprint density at radius 3 is 2.55 bits per heavy atom. The van der Waals surface area contributed by atoms with E-state index in [9.17, 15) is 18.8 Å². The normalized spacial score (nSPS) is 17.6. The first kappa shape index (κ1) is 20.2. The number of Topliss-reactive ketones (excluding diaryl/α,β-unsaturated/α-hetero) is 1. The molecule has 31 heavy (non-hydrogen) atoms. The number of nitrogens with zero attached hydrogens (tertiary/aromatic N) is 2. The second kappa shape index (κ2) is 8.74. The van der Waals surface area contributed by atoms with E-state index in [2.05, 4.69) is 10.3 Å². The summed E-state index contributed by atoms with van der Waals surface area (Å²) < 4.78 is 18.8. The molecule has 8 heteroatoms. The van der Waals surface area contributed by atoms with Gasteiger partial charge in [0.2, 0.25) is 0 Å². The van der Waals surface area contributed by atoms with Crippen molar-refractivity contribution in [2.45, 2.75) is 19.2 Å². The lowest BCUT2D eigenvalue weighted by Crippen LogP contribution is -2.53. The Morgan fingerprint density at radius 1 is 1.06 bits per heavy atom. The number of halogens is 1. The van der Waals surface area contributed by atoms with Crippen LogP contribution in [0, 0.1) is 5.82 Å². The number of carbonyl (C=O) groups excluding carboxylic acids is 3. The van der Waals surface area contributed by atoms with Gasteiger partial charge in [-0.2, -0.15) is 0 Å². The van der Waals surface area contributed by atoms with E-state index in [1.807, 2.05) is 30.3 Å². The van der Waals surface area contributed by atoms with Crippen LogP contribution >= 0.6 is 0 Å². The topological polar surface area (TPSA) is 88.1 Å². The van der Waals surface area contributed by atoms with E-state index in [1.54, 1.807) is 12.2 Å². The van der Waals surface area contributed by atoms with Gasteiger partial charge in [0, 0.05) is 12.7 Å². The van der Waals surface area contributed by atoms with E-state index in [1.165, 1.54) is 30.5 Å². The number of ketones is 1. The molecule has 0 spiro atoms. The molecule has 2 aromatic carbocycles. The monoisotopic (exact) mass is 419 g/mol. The SMILES string of the molecule is O=C(NCc1ccc(F)cc1)C1N=C2C(OCc3ccccc3)=CC=CN2C(=O)C1=O. The predicted molar refractivity (Wildman–Crippen MR) is 110 cm³/mol. The fraction of sp³-hybridized carbons (Fsp3) is 0.130. The van der Waals surface area contributed by atoms with Crippen molar-refractivity contribution in [3.05, 3.63) is 95.7 Å².